The van der Waals surface area contributed by atoms with E-state index in [9.17, 15) is 4.39 Å². The first-order valence-electron chi connectivity index (χ1n) is 4.32. The molecule has 0 unspecified atom stereocenters. The molecule has 2 rings (SSSR count). The van der Waals surface area contributed by atoms with Gasteiger partial charge in [-0.15, -0.1) is 0 Å². The fourth-order valence-corrected chi connectivity index (χ4v) is 1.18. The number of furan rings is 1. The average molecular weight is 188 g/mol. The van der Waals surface area contributed by atoms with Crippen molar-refractivity contribution in [3.63, 3.8) is 0 Å². The van der Waals surface area contributed by atoms with Crippen molar-refractivity contribution in [2.45, 2.75) is 0 Å². The fourth-order valence-electron chi connectivity index (χ4n) is 1.18. The van der Waals surface area contributed by atoms with E-state index in [0.717, 1.165) is 5.56 Å². The molecule has 0 aliphatic heterocycles. The lowest BCUT2D eigenvalue weighted by Crippen LogP contribution is -1.73. The van der Waals surface area contributed by atoms with E-state index in [1.165, 1.54) is 12.3 Å². The Hall–Kier alpha value is -1.83. The molecule has 2 aromatic rings. The summed E-state index contributed by atoms with van der Waals surface area (Å²) < 4.78 is 18.3. The Bertz CT molecular complexity index is 415. The van der Waals surface area contributed by atoms with Crippen molar-refractivity contribution in [2.24, 2.45) is 0 Å². The Balaban J connectivity index is 2.28. The van der Waals surface area contributed by atoms with Gasteiger partial charge in [0.2, 0.25) is 0 Å². The summed E-state index contributed by atoms with van der Waals surface area (Å²) in [6.07, 6.45) is 2.90. The summed E-state index contributed by atoms with van der Waals surface area (Å²) in [5.74, 6) is -0.102. The lowest BCUT2D eigenvalue weighted by Gasteiger charge is -1.93. The van der Waals surface area contributed by atoms with Crippen LogP contribution in [0.15, 0.2) is 53.1 Å². The van der Waals surface area contributed by atoms with Gasteiger partial charge in [-0.3, -0.25) is 0 Å². The second-order valence-electron chi connectivity index (χ2n) is 2.88. The van der Waals surface area contributed by atoms with E-state index in [2.05, 4.69) is 0 Å². The van der Waals surface area contributed by atoms with Crippen LogP contribution in [0.2, 0.25) is 0 Å². The highest BCUT2D eigenvalue weighted by Crippen LogP contribution is 2.19. The second kappa shape index (κ2) is 3.92. The first-order valence-corrected chi connectivity index (χ1v) is 4.32. The van der Waals surface area contributed by atoms with Crippen molar-refractivity contribution in [3.05, 3.63) is 60.1 Å². The number of hydrogen-bond donors (Lipinski definition) is 0. The van der Waals surface area contributed by atoms with Gasteiger partial charge in [0.25, 0.3) is 0 Å². The van der Waals surface area contributed by atoms with Crippen molar-refractivity contribution in [3.8, 4) is 0 Å². The molecule has 0 aliphatic rings. The van der Waals surface area contributed by atoms with Crippen molar-refractivity contribution in [2.75, 3.05) is 0 Å². The third-order valence-electron chi connectivity index (χ3n) is 1.85. The zero-order valence-electron chi connectivity index (χ0n) is 7.48. The van der Waals surface area contributed by atoms with Gasteiger partial charge in [0, 0.05) is 0 Å². The van der Waals surface area contributed by atoms with Gasteiger partial charge in [-0.05, 0) is 23.8 Å². The van der Waals surface area contributed by atoms with Crippen LogP contribution in [-0.4, -0.2) is 0 Å². The number of halogens is 1. The lowest BCUT2D eigenvalue weighted by molar-refractivity contribution is 0.533. The molecular formula is C12H9FO. The van der Waals surface area contributed by atoms with Crippen LogP contribution in [-0.2, 0) is 0 Å². The summed E-state index contributed by atoms with van der Waals surface area (Å²) in [5.41, 5.74) is 0.821. The maximum Gasteiger partial charge on any atom is 0.166 e. The third kappa shape index (κ3) is 1.91. The molecule has 70 valence electrons. The molecule has 0 saturated heterocycles. The summed E-state index contributed by atoms with van der Waals surface area (Å²) in [5, 5.41) is 0. The van der Waals surface area contributed by atoms with Crippen LogP contribution >= 0.6 is 0 Å². The monoisotopic (exact) mass is 188 g/mol. The third-order valence-corrected chi connectivity index (χ3v) is 1.85. The Morgan fingerprint density at radius 2 is 1.86 bits per heavy atom. The molecule has 0 saturated carbocycles. The molecule has 14 heavy (non-hydrogen) atoms. The lowest BCUT2D eigenvalue weighted by atomic mass is 10.2. The Labute approximate surface area is 81.5 Å². The van der Waals surface area contributed by atoms with E-state index in [0.29, 0.717) is 0 Å². The summed E-state index contributed by atoms with van der Waals surface area (Å²) in [6.45, 7) is 0. The van der Waals surface area contributed by atoms with E-state index in [1.807, 2.05) is 30.3 Å². The normalized spacial score (nSPS) is 11.6. The van der Waals surface area contributed by atoms with Crippen LogP contribution in [0.4, 0.5) is 4.39 Å². The highest BCUT2D eigenvalue weighted by atomic mass is 19.1. The van der Waals surface area contributed by atoms with Gasteiger partial charge >= 0.3 is 0 Å². The van der Waals surface area contributed by atoms with Crippen molar-refractivity contribution in [1.82, 2.24) is 0 Å². The summed E-state index contributed by atoms with van der Waals surface area (Å²) in [4.78, 5) is 0. The molecule has 0 fully saturated rings. The van der Waals surface area contributed by atoms with Gasteiger partial charge in [-0.1, -0.05) is 30.3 Å². The fraction of sp³-hybridized carbons (Fsp3) is 0. The summed E-state index contributed by atoms with van der Waals surface area (Å²) >= 11 is 0. The number of hydrogen-bond acceptors (Lipinski definition) is 1. The molecule has 1 heterocycles. The first kappa shape index (κ1) is 8.75. The molecule has 0 atom stereocenters. The van der Waals surface area contributed by atoms with Gasteiger partial charge < -0.3 is 4.42 Å². The molecule has 0 aliphatic carbocycles. The predicted molar refractivity (Wildman–Crippen MR) is 54.1 cm³/mol. The maximum atomic E-state index is 13.4. The molecule has 0 N–H and O–H groups in total. The summed E-state index contributed by atoms with van der Waals surface area (Å²) in [7, 11) is 0. The van der Waals surface area contributed by atoms with E-state index >= 15 is 0 Å². The minimum Gasteiger partial charge on any atom is -0.462 e. The zero-order valence-corrected chi connectivity index (χ0v) is 7.48. The van der Waals surface area contributed by atoms with Gasteiger partial charge in [0.1, 0.15) is 0 Å². The SMILES string of the molecule is F/C(=C\c1ccccc1)c1ccco1. The molecule has 1 aromatic heterocycles. The maximum absolute atomic E-state index is 13.4. The van der Waals surface area contributed by atoms with Gasteiger partial charge in [0.05, 0.1) is 6.26 Å². The molecule has 0 bridgehead atoms. The standard InChI is InChI=1S/C12H9FO/c13-11(12-7-4-8-14-12)9-10-5-2-1-3-6-10/h1-9H/b11-9-. The molecule has 2 heteroatoms. The minimum absolute atomic E-state index is 0.258. The van der Waals surface area contributed by atoms with Crippen LogP contribution in [0.25, 0.3) is 11.9 Å². The Morgan fingerprint density at radius 1 is 1.07 bits per heavy atom. The van der Waals surface area contributed by atoms with Crippen LogP contribution in [0.5, 0.6) is 0 Å². The molecule has 0 spiro atoms. The Morgan fingerprint density at radius 3 is 2.50 bits per heavy atom. The largest absolute Gasteiger partial charge is 0.462 e. The Kier molecular flexibility index (Phi) is 2.45. The number of benzene rings is 1. The average Bonchev–Trinajstić information content (AvgIpc) is 2.72. The van der Waals surface area contributed by atoms with Gasteiger partial charge in [-0.2, -0.15) is 0 Å². The van der Waals surface area contributed by atoms with E-state index in [4.69, 9.17) is 4.42 Å². The van der Waals surface area contributed by atoms with Gasteiger partial charge in [-0.25, -0.2) is 4.39 Å². The van der Waals surface area contributed by atoms with E-state index in [1.54, 1.807) is 12.1 Å². The summed E-state index contributed by atoms with van der Waals surface area (Å²) in [6, 6.07) is 12.5. The highest BCUT2D eigenvalue weighted by molar-refractivity contribution is 5.74. The van der Waals surface area contributed by atoms with E-state index in [-0.39, 0.29) is 11.6 Å². The predicted octanol–water partition coefficient (Wildman–Crippen LogP) is 3.75. The molecule has 1 nitrogen and oxygen atoms in total. The topological polar surface area (TPSA) is 13.1 Å². The quantitative estimate of drug-likeness (QED) is 0.699. The van der Waals surface area contributed by atoms with Crippen LogP contribution < -0.4 is 0 Å². The minimum atomic E-state index is -0.360. The van der Waals surface area contributed by atoms with Crippen LogP contribution in [0, 0.1) is 0 Å². The highest BCUT2D eigenvalue weighted by Gasteiger charge is 2.01. The van der Waals surface area contributed by atoms with Crippen LogP contribution in [0.3, 0.4) is 0 Å². The molecule has 0 amide bonds. The first-order chi connectivity index (χ1) is 6.86. The van der Waals surface area contributed by atoms with Crippen molar-refractivity contribution >= 4 is 11.9 Å². The second-order valence-corrected chi connectivity index (χ2v) is 2.88. The van der Waals surface area contributed by atoms with Crippen LogP contribution in [0.1, 0.15) is 11.3 Å². The molecule has 0 radical (unpaired) electrons. The zero-order chi connectivity index (χ0) is 9.80. The molecule has 1 aromatic carbocycles. The number of rotatable bonds is 2. The van der Waals surface area contributed by atoms with Crippen molar-refractivity contribution in [1.29, 1.82) is 0 Å². The van der Waals surface area contributed by atoms with Gasteiger partial charge in [0.15, 0.2) is 11.6 Å². The molecular weight excluding hydrogens is 179 g/mol. The van der Waals surface area contributed by atoms with E-state index < -0.39 is 0 Å². The smallest absolute Gasteiger partial charge is 0.166 e. The van der Waals surface area contributed by atoms with Crippen molar-refractivity contribution < 1.29 is 8.81 Å².